The molecule has 1 amide bonds. The number of amidine groups is 1. The van der Waals surface area contributed by atoms with E-state index < -0.39 is 11.2 Å². The van der Waals surface area contributed by atoms with Gasteiger partial charge in [0.1, 0.15) is 17.6 Å². The minimum absolute atomic E-state index is 0.260. The molecule has 1 heterocycles. The van der Waals surface area contributed by atoms with Crippen LogP contribution in [0.5, 0.6) is 5.75 Å². The normalized spacial score (nSPS) is 17.7. The van der Waals surface area contributed by atoms with Crippen LogP contribution in [0, 0.1) is 0 Å². The van der Waals surface area contributed by atoms with Crippen LogP contribution in [0.3, 0.4) is 0 Å². The highest BCUT2D eigenvalue weighted by Gasteiger charge is 2.32. The molecule has 10 heteroatoms. The van der Waals surface area contributed by atoms with Crippen LogP contribution in [0.4, 0.5) is 0 Å². The first-order chi connectivity index (χ1) is 13.9. The van der Waals surface area contributed by atoms with Gasteiger partial charge in [-0.05, 0) is 57.4 Å². The van der Waals surface area contributed by atoms with Crippen molar-refractivity contribution in [1.29, 1.82) is 0 Å². The second kappa shape index (κ2) is 9.91. The molecular weight excluding hydrogens is 482 g/mol. The minimum atomic E-state index is -1.04. The third-order valence-electron chi connectivity index (χ3n) is 3.76. The summed E-state index contributed by atoms with van der Waals surface area (Å²) in [5.74, 6) is -0.736. The first kappa shape index (κ1) is 21.4. The van der Waals surface area contributed by atoms with Gasteiger partial charge in [-0.1, -0.05) is 35.5 Å². The maximum Gasteiger partial charge on any atom is 0.305 e. The van der Waals surface area contributed by atoms with Crippen molar-refractivity contribution in [3.8, 4) is 5.75 Å². The molecule has 0 spiro atoms. The van der Waals surface area contributed by atoms with Crippen LogP contribution in [0.15, 0.2) is 57.1 Å². The van der Waals surface area contributed by atoms with Crippen molar-refractivity contribution >= 4 is 62.6 Å². The minimum Gasteiger partial charge on any atom is -0.488 e. The number of thioether (sulfide) groups is 1. The second-order valence-electron chi connectivity index (χ2n) is 5.95. The van der Waals surface area contributed by atoms with Gasteiger partial charge in [0.05, 0.1) is 17.1 Å². The zero-order chi connectivity index (χ0) is 20.8. The fourth-order valence-corrected chi connectivity index (χ4v) is 3.90. The number of nitrogens with one attached hydrogen (secondary N) is 1. The van der Waals surface area contributed by atoms with Gasteiger partial charge in [-0.25, -0.2) is 0 Å². The van der Waals surface area contributed by atoms with Gasteiger partial charge in [0, 0.05) is 5.02 Å². The average molecular weight is 497 g/mol. The lowest BCUT2D eigenvalue weighted by Crippen LogP contribution is -2.26. The van der Waals surface area contributed by atoms with Crippen LogP contribution in [-0.2, 0) is 16.2 Å². The summed E-state index contributed by atoms with van der Waals surface area (Å²) in [7, 11) is 0. The number of nitrogens with zero attached hydrogens (tertiary/aromatic N) is 2. The number of benzene rings is 2. The van der Waals surface area contributed by atoms with E-state index in [1.54, 1.807) is 0 Å². The van der Waals surface area contributed by atoms with Gasteiger partial charge in [0.2, 0.25) is 5.91 Å². The number of amides is 1. The lowest BCUT2D eigenvalue weighted by atomic mass is 10.2. The van der Waals surface area contributed by atoms with Crippen LogP contribution in [0.25, 0.3) is 0 Å². The third-order valence-corrected chi connectivity index (χ3v) is 5.70. The van der Waals surface area contributed by atoms with E-state index in [2.05, 4.69) is 31.4 Å². The molecule has 3 rings (SSSR count). The third kappa shape index (κ3) is 6.31. The van der Waals surface area contributed by atoms with Gasteiger partial charge in [-0.15, -0.1) is 5.10 Å². The number of ether oxygens (including phenoxy) is 1. The molecule has 2 aromatic carbocycles. The van der Waals surface area contributed by atoms with Crippen molar-refractivity contribution in [3.05, 3.63) is 63.1 Å². The molecule has 29 heavy (non-hydrogen) atoms. The highest BCUT2D eigenvalue weighted by atomic mass is 79.9. The molecule has 2 N–H and O–H groups in total. The number of carboxylic acid groups (broad SMARTS) is 1. The van der Waals surface area contributed by atoms with E-state index in [1.807, 2.05) is 42.5 Å². The van der Waals surface area contributed by atoms with E-state index in [1.165, 1.54) is 6.21 Å². The summed E-state index contributed by atoms with van der Waals surface area (Å²) in [6.07, 6.45) is 1.27. The van der Waals surface area contributed by atoms with Crippen LogP contribution in [-0.4, -0.2) is 33.6 Å². The number of halogens is 2. The predicted octanol–water partition coefficient (Wildman–Crippen LogP) is 4.08. The van der Waals surface area contributed by atoms with Gasteiger partial charge in [0.25, 0.3) is 0 Å². The molecule has 0 unspecified atom stereocenters. The molecule has 0 radical (unpaired) electrons. The number of aliphatic carboxylic acids is 1. The average Bonchev–Trinajstić information content (AvgIpc) is 3.01. The molecule has 7 nitrogen and oxygen atoms in total. The zero-order valence-electron chi connectivity index (χ0n) is 14.8. The maximum atomic E-state index is 11.7. The van der Waals surface area contributed by atoms with Crippen molar-refractivity contribution in [2.45, 2.75) is 18.3 Å². The van der Waals surface area contributed by atoms with Crippen molar-refractivity contribution in [2.24, 2.45) is 10.2 Å². The van der Waals surface area contributed by atoms with E-state index >= 15 is 0 Å². The number of carbonyl (C=O) groups excluding carboxylic acids is 1. The maximum absolute atomic E-state index is 11.7. The highest BCUT2D eigenvalue weighted by molar-refractivity contribution is 9.10. The Morgan fingerprint density at radius 1 is 1.31 bits per heavy atom. The summed E-state index contributed by atoms with van der Waals surface area (Å²) in [5.41, 5.74) is 1.77. The molecule has 0 saturated carbocycles. The van der Waals surface area contributed by atoms with Crippen molar-refractivity contribution in [3.63, 3.8) is 0 Å². The first-order valence-corrected chi connectivity index (χ1v) is 10.4. The Bertz CT molecular complexity index is 982. The molecule has 150 valence electrons. The fourth-order valence-electron chi connectivity index (χ4n) is 2.35. The summed E-state index contributed by atoms with van der Waals surface area (Å²) in [6.45, 7) is 0.408. The summed E-state index contributed by atoms with van der Waals surface area (Å²) in [5, 5.41) is 19.4. The first-order valence-electron chi connectivity index (χ1n) is 8.38. The SMILES string of the molecule is O=C(O)C[C@H]1S/C(=N\N=C/c2ccc(OCc3ccc(Cl)cc3)c(Br)c2)NC1=O. The van der Waals surface area contributed by atoms with Gasteiger partial charge in [0.15, 0.2) is 5.17 Å². The largest absolute Gasteiger partial charge is 0.488 e. The lowest BCUT2D eigenvalue weighted by Gasteiger charge is -2.09. The Morgan fingerprint density at radius 3 is 2.76 bits per heavy atom. The molecule has 1 aliphatic rings. The summed E-state index contributed by atoms with van der Waals surface area (Å²) < 4.78 is 6.56. The molecule has 0 aromatic heterocycles. The summed E-state index contributed by atoms with van der Waals surface area (Å²) >= 11 is 10.4. The Labute approximate surface area is 184 Å². The predicted molar refractivity (Wildman–Crippen MR) is 117 cm³/mol. The van der Waals surface area contributed by atoms with E-state index in [-0.39, 0.29) is 17.5 Å². The van der Waals surface area contributed by atoms with E-state index in [0.717, 1.165) is 27.4 Å². The highest BCUT2D eigenvalue weighted by Crippen LogP contribution is 2.27. The number of rotatable bonds is 7. The number of hydrogen-bond donors (Lipinski definition) is 2. The molecule has 1 aliphatic heterocycles. The molecule has 1 saturated heterocycles. The lowest BCUT2D eigenvalue weighted by molar-refractivity contribution is -0.138. The standard InChI is InChI=1S/C19H15BrClN3O4S/c20-14-7-12(3-6-15(14)28-10-11-1-4-13(21)5-2-11)9-22-24-19-23-18(27)16(29-19)8-17(25)26/h1-7,9,16H,8,10H2,(H,25,26)(H,23,24,27)/b22-9-/t16-/m1/s1. The Morgan fingerprint density at radius 2 is 2.07 bits per heavy atom. The second-order valence-corrected chi connectivity index (χ2v) is 8.43. The van der Waals surface area contributed by atoms with Gasteiger partial charge >= 0.3 is 5.97 Å². The van der Waals surface area contributed by atoms with Gasteiger partial charge in [-0.3, -0.25) is 9.59 Å². The molecule has 1 fully saturated rings. The van der Waals surface area contributed by atoms with Crippen molar-refractivity contribution < 1.29 is 19.4 Å². The van der Waals surface area contributed by atoms with E-state index in [4.69, 9.17) is 21.4 Å². The van der Waals surface area contributed by atoms with Crippen LogP contribution in [0.2, 0.25) is 5.02 Å². The zero-order valence-corrected chi connectivity index (χ0v) is 18.0. The van der Waals surface area contributed by atoms with E-state index in [0.29, 0.717) is 17.4 Å². The quantitative estimate of drug-likeness (QED) is 0.444. The van der Waals surface area contributed by atoms with Crippen LogP contribution in [0.1, 0.15) is 17.5 Å². The molecule has 1 atom stereocenters. The fraction of sp³-hybridized carbons (Fsp3) is 0.158. The Balaban J connectivity index is 1.58. The topological polar surface area (TPSA) is 100 Å². The van der Waals surface area contributed by atoms with Crippen molar-refractivity contribution in [1.82, 2.24) is 5.32 Å². The molecule has 0 aliphatic carbocycles. The van der Waals surface area contributed by atoms with E-state index in [9.17, 15) is 9.59 Å². The Kier molecular flexibility index (Phi) is 7.29. The Hall–Kier alpha value is -2.36. The smallest absolute Gasteiger partial charge is 0.305 e. The van der Waals surface area contributed by atoms with Crippen molar-refractivity contribution in [2.75, 3.05) is 0 Å². The van der Waals surface area contributed by atoms with Gasteiger partial charge < -0.3 is 15.2 Å². The molecule has 0 bridgehead atoms. The number of hydrogen-bond acceptors (Lipinski definition) is 6. The monoisotopic (exact) mass is 495 g/mol. The number of carboxylic acids is 1. The van der Waals surface area contributed by atoms with Crippen LogP contribution < -0.4 is 10.1 Å². The van der Waals surface area contributed by atoms with Crippen LogP contribution >= 0.6 is 39.3 Å². The summed E-state index contributed by atoms with van der Waals surface area (Å²) in [4.78, 5) is 22.4. The van der Waals surface area contributed by atoms with Gasteiger partial charge in [-0.2, -0.15) is 5.10 Å². The molecule has 2 aromatic rings. The molecular formula is C19H15BrClN3O4S. The number of carbonyl (C=O) groups is 2. The summed E-state index contributed by atoms with van der Waals surface area (Å²) in [6, 6.07) is 12.9.